The predicted molar refractivity (Wildman–Crippen MR) is 107 cm³/mol. The first kappa shape index (κ1) is 19.2. The number of amides is 1. The zero-order chi connectivity index (χ0) is 19.1. The maximum absolute atomic E-state index is 12.6. The van der Waals surface area contributed by atoms with Crippen molar-refractivity contribution in [3.63, 3.8) is 0 Å². The van der Waals surface area contributed by atoms with Crippen LogP contribution < -0.4 is 10.6 Å². The van der Waals surface area contributed by atoms with E-state index in [1.165, 1.54) is 17.7 Å². The van der Waals surface area contributed by atoms with E-state index < -0.39 is 0 Å². The Morgan fingerprint density at radius 1 is 1.30 bits per heavy atom. The summed E-state index contributed by atoms with van der Waals surface area (Å²) < 4.78 is 5.07. The van der Waals surface area contributed by atoms with E-state index in [1.54, 1.807) is 13.3 Å². The van der Waals surface area contributed by atoms with Crippen LogP contribution in [0.4, 0.5) is 5.82 Å². The highest BCUT2D eigenvalue weighted by Gasteiger charge is 2.19. The van der Waals surface area contributed by atoms with Crippen LogP contribution in [-0.4, -0.2) is 47.7 Å². The molecular formula is C19H23N5O2S. The molecule has 3 aromatic heterocycles. The summed E-state index contributed by atoms with van der Waals surface area (Å²) in [7, 11) is 1.69. The molecule has 0 aromatic carbocycles. The molecule has 1 amide bonds. The standard InChI is InChI=1S/C19H23N5O2S/c1-13-15-17(21-8-4-10-26-2)23-12-24-19(15)27-16(13)18(25)22-9-6-14-5-3-7-20-11-14/h3,5,7,11-12H,4,6,8-10H2,1-2H3,(H,22,25)(H,21,23,24). The number of nitrogens with zero attached hydrogens (tertiary/aromatic N) is 3. The molecule has 0 saturated carbocycles. The van der Waals surface area contributed by atoms with Gasteiger partial charge in [-0.05, 0) is 37.0 Å². The molecule has 27 heavy (non-hydrogen) atoms. The lowest BCUT2D eigenvalue weighted by atomic mass is 10.2. The van der Waals surface area contributed by atoms with Crippen molar-refractivity contribution < 1.29 is 9.53 Å². The van der Waals surface area contributed by atoms with Crippen molar-refractivity contribution in [1.29, 1.82) is 0 Å². The van der Waals surface area contributed by atoms with E-state index in [0.717, 1.165) is 46.5 Å². The Bertz CT molecular complexity index is 898. The molecule has 3 heterocycles. The van der Waals surface area contributed by atoms with Gasteiger partial charge in [0.25, 0.3) is 5.91 Å². The van der Waals surface area contributed by atoms with Crippen molar-refractivity contribution in [1.82, 2.24) is 20.3 Å². The monoisotopic (exact) mass is 385 g/mol. The average molecular weight is 385 g/mol. The van der Waals surface area contributed by atoms with E-state index in [2.05, 4.69) is 25.6 Å². The van der Waals surface area contributed by atoms with Crippen LogP contribution in [0, 0.1) is 6.92 Å². The van der Waals surface area contributed by atoms with Crippen LogP contribution >= 0.6 is 11.3 Å². The number of ether oxygens (including phenoxy) is 1. The van der Waals surface area contributed by atoms with Crippen molar-refractivity contribution in [2.75, 3.05) is 32.1 Å². The molecule has 0 atom stereocenters. The molecule has 0 fully saturated rings. The molecule has 0 aliphatic carbocycles. The van der Waals surface area contributed by atoms with Gasteiger partial charge in [0, 0.05) is 39.2 Å². The van der Waals surface area contributed by atoms with Crippen molar-refractivity contribution in [3.8, 4) is 0 Å². The number of methoxy groups -OCH3 is 1. The van der Waals surface area contributed by atoms with E-state index in [4.69, 9.17) is 4.74 Å². The number of aryl methyl sites for hydroxylation is 1. The van der Waals surface area contributed by atoms with Crippen molar-refractivity contribution in [3.05, 3.63) is 46.9 Å². The second-order valence-electron chi connectivity index (χ2n) is 6.10. The SMILES string of the molecule is COCCCNc1ncnc2sc(C(=O)NCCc3cccnc3)c(C)c12. The minimum absolute atomic E-state index is 0.0790. The Hall–Kier alpha value is -2.58. The zero-order valence-corrected chi connectivity index (χ0v) is 16.3. The van der Waals surface area contributed by atoms with Crippen molar-refractivity contribution >= 4 is 33.3 Å². The first-order valence-corrected chi connectivity index (χ1v) is 9.66. The number of carbonyl (C=O) groups excluding carboxylic acids is 1. The summed E-state index contributed by atoms with van der Waals surface area (Å²) in [6.45, 7) is 3.95. The minimum atomic E-state index is -0.0790. The Morgan fingerprint density at radius 3 is 2.96 bits per heavy atom. The fraction of sp³-hybridized carbons (Fsp3) is 0.368. The summed E-state index contributed by atoms with van der Waals surface area (Å²) in [6, 6.07) is 3.90. The molecule has 2 N–H and O–H groups in total. The number of thiophene rings is 1. The van der Waals surface area contributed by atoms with E-state index in [0.29, 0.717) is 18.0 Å². The fourth-order valence-electron chi connectivity index (χ4n) is 2.79. The molecule has 142 valence electrons. The van der Waals surface area contributed by atoms with Crippen LogP contribution in [0.3, 0.4) is 0 Å². The number of anilines is 1. The lowest BCUT2D eigenvalue weighted by Crippen LogP contribution is -2.25. The van der Waals surface area contributed by atoms with Crippen LogP contribution in [0.15, 0.2) is 30.9 Å². The van der Waals surface area contributed by atoms with E-state index in [9.17, 15) is 4.79 Å². The van der Waals surface area contributed by atoms with Crippen molar-refractivity contribution in [2.24, 2.45) is 0 Å². The van der Waals surface area contributed by atoms with Gasteiger partial charge in [-0.25, -0.2) is 9.97 Å². The van der Waals surface area contributed by atoms with Gasteiger partial charge in [-0.2, -0.15) is 0 Å². The Morgan fingerprint density at radius 2 is 2.19 bits per heavy atom. The topological polar surface area (TPSA) is 89.0 Å². The third-order valence-electron chi connectivity index (χ3n) is 4.17. The van der Waals surface area contributed by atoms with E-state index in [-0.39, 0.29) is 5.91 Å². The van der Waals surface area contributed by atoms with Crippen LogP contribution in [0.25, 0.3) is 10.2 Å². The molecule has 0 unspecified atom stereocenters. The highest BCUT2D eigenvalue weighted by Crippen LogP contribution is 2.33. The maximum Gasteiger partial charge on any atom is 0.261 e. The van der Waals surface area contributed by atoms with Gasteiger partial charge in [-0.1, -0.05) is 6.07 Å². The molecule has 0 spiro atoms. The van der Waals surface area contributed by atoms with Crippen molar-refractivity contribution in [2.45, 2.75) is 19.8 Å². The summed E-state index contributed by atoms with van der Waals surface area (Å²) >= 11 is 1.40. The summed E-state index contributed by atoms with van der Waals surface area (Å²) in [4.78, 5) is 26.9. The normalized spacial score (nSPS) is 10.9. The molecule has 0 bridgehead atoms. The zero-order valence-electron chi connectivity index (χ0n) is 15.5. The third kappa shape index (κ3) is 4.78. The molecule has 3 rings (SSSR count). The minimum Gasteiger partial charge on any atom is -0.385 e. The van der Waals surface area contributed by atoms with Gasteiger partial charge in [0.05, 0.1) is 10.3 Å². The third-order valence-corrected chi connectivity index (χ3v) is 5.37. The number of hydrogen-bond donors (Lipinski definition) is 2. The van der Waals surface area contributed by atoms with Crippen LogP contribution in [0.5, 0.6) is 0 Å². The van der Waals surface area contributed by atoms with Gasteiger partial charge in [-0.3, -0.25) is 9.78 Å². The number of carbonyl (C=O) groups is 1. The van der Waals surface area contributed by atoms with Gasteiger partial charge in [0.2, 0.25) is 0 Å². The molecule has 0 radical (unpaired) electrons. The number of rotatable bonds is 9. The van der Waals surface area contributed by atoms with Gasteiger partial charge >= 0.3 is 0 Å². The lowest BCUT2D eigenvalue weighted by Gasteiger charge is -2.07. The van der Waals surface area contributed by atoms with Crippen LogP contribution in [-0.2, 0) is 11.2 Å². The second kappa shape index (κ2) is 9.38. The molecule has 0 aliphatic rings. The lowest BCUT2D eigenvalue weighted by molar-refractivity contribution is 0.0957. The molecule has 3 aromatic rings. The predicted octanol–water partition coefficient (Wildman–Crippen LogP) is 2.82. The van der Waals surface area contributed by atoms with Crippen LogP contribution in [0.2, 0.25) is 0 Å². The van der Waals surface area contributed by atoms with Gasteiger partial charge in [-0.15, -0.1) is 11.3 Å². The van der Waals surface area contributed by atoms with E-state index in [1.807, 2.05) is 25.3 Å². The number of aromatic nitrogens is 3. The summed E-state index contributed by atoms with van der Waals surface area (Å²) in [5.41, 5.74) is 2.00. The smallest absolute Gasteiger partial charge is 0.261 e. The summed E-state index contributed by atoms with van der Waals surface area (Å²) in [5.74, 6) is 0.684. The highest BCUT2D eigenvalue weighted by atomic mass is 32.1. The molecular weight excluding hydrogens is 362 g/mol. The average Bonchev–Trinajstić information content (AvgIpc) is 3.03. The van der Waals surface area contributed by atoms with Crippen LogP contribution in [0.1, 0.15) is 27.2 Å². The van der Waals surface area contributed by atoms with Gasteiger partial charge < -0.3 is 15.4 Å². The number of pyridine rings is 1. The van der Waals surface area contributed by atoms with Gasteiger partial charge in [0.15, 0.2) is 0 Å². The number of nitrogens with one attached hydrogen (secondary N) is 2. The first-order chi connectivity index (χ1) is 13.2. The maximum atomic E-state index is 12.6. The highest BCUT2D eigenvalue weighted by molar-refractivity contribution is 7.20. The molecule has 8 heteroatoms. The summed E-state index contributed by atoms with van der Waals surface area (Å²) in [6.07, 6.45) is 6.71. The Kier molecular flexibility index (Phi) is 6.67. The summed E-state index contributed by atoms with van der Waals surface area (Å²) in [5, 5.41) is 7.22. The first-order valence-electron chi connectivity index (χ1n) is 8.84. The molecule has 0 aliphatic heterocycles. The Balaban J connectivity index is 1.69. The van der Waals surface area contributed by atoms with E-state index >= 15 is 0 Å². The van der Waals surface area contributed by atoms with Gasteiger partial charge in [0.1, 0.15) is 17.0 Å². The fourth-order valence-corrected chi connectivity index (χ4v) is 3.86. The number of fused-ring (bicyclic) bond motifs is 1. The second-order valence-corrected chi connectivity index (χ2v) is 7.10. The number of hydrogen-bond acceptors (Lipinski definition) is 7. The Labute approximate surface area is 162 Å². The largest absolute Gasteiger partial charge is 0.385 e. The molecule has 7 nitrogen and oxygen atoms in total. The quantitative estimate of drug-likeness (QED) is 0.551. The molecule has 0 saturated heterocycles.